The Bertz CT molecular complexity index is 678. The Labute approximate surface area is 151 Å². The van der Waals surface area contributed by atoms with Gasteiger partial charge in [0.05, 0.1) is 31.1 Å². The fourth-order valence-corrected chi connectivity index (χ4v) is 2.38. The molecule has 3 N–H and O–H groups in total. The van der Waals surface area contributed by atoms with Crippen molar-refractivity contribution < 1.29 is 9.13 Å². The predicted octanol–water partition coefficient (Wildman–Crippen LogP) is 2.77. The Morgan fingerprint density at radius 1 is 1.35 bits per heavy atom. The molecule has 1 atom stereocenters. The van der Waals surface area contributed by atoms with Crippen LogP contribution in [0.4, 0.5) is 4.39 Å². The predicted molar refractivity (Wildman–Crippen MR) is 97.4 cm³/mol. The van der Waals surface area contributed by atoms with Gasteiger partial charge in [-0.15, -0.1) is 24.0 Å². The van der Waals surface area contributed by atoms with E-state index in [0.29, 0.717) is 24.8 Å². The zero-order valence-electron chi connectivity index (χ0n) is 12.4. The van der Waals surface area contributed by atoms with Crippen molar-refractivity contribution in [3.63, 3.8) is 0 Å². The normalized spacial score (nSPS) is 16.7. The van der Waals surface area contributed by atoms with E-state index in [2.05, 4.69) is 15.3 Å². The molecule has 1 aliphatic rings. The number of aliphatic imine (C=N–C) groups is 1. The van der Waals surface area contributed by atoms with Crippen molar-refractivity contribution in [1.29, 1.82) is 0 Å². The van der Waals surface area contributed by atoms with Crippen molar-refractivity contribution in [3.05, 3.63) is 59.7 Å². The van der Waals surface area contributed by atoms with Gasteiger partial charge in [-0.2, -0.15) is 0 Å². The number of ether oxygens (including phenoxy) is 1. The maximum atomic E-state index is 12.8. The molecule has 1 aliphatic heterocycles. The molecule has 1 unspecified atom stereocenters. The number of para-hydroxylation sites is 1. The van der Waals surface area contributed by atoms with Gasteiger partial charge >= 0.3 is 0 Å². The maximum absolute atomic E-state index is 12.8. The Hall–Kier alpha value is -1.90. The van der Waals surface area contributed by atoms with Crippen LogP contribution in [0.1, 0.15) is 23.7 Å². The summed E-state index contributed by atoms with van der Waals surface area (Å²) in [4.78, 5) is 8.20. The molecule has 2 heterocycles. The lowest BCUT2D eigenvalue weighted by molar-refractivity contribution is 0.262. The van der Waals surface area contributed by atoms with E-state index in [4.69, 9.17) is 10.5 Å². The SMILES string of the molecule is I.NC(=NCc1ccc(F)cn1)NC1CCOc2ccccc21. The highest BCUT2D eigenvalue weighted by Gasteiger charge is 2.21. The molecule has 0 radical (unpaired) electrons. The van der Waals surface area contributed by atoms with Crippen molar-refractivity contribution in [1.82, 2.24) is 10.3 Å². The number of hydrogen-bond donors (Lipinski definition) is 2. The van der Waals surface area contributed by atoms with Gasteiger partial charge in [0.2, 0.25) is 0 Å². The molecule has 1 aromatic carbocycles. The number of fused-ring (bicyclic) bond motifs is 1. The van der Waals surface area contributed by atoms with E-state index >= 15 is 0 Å². The molecule has 1 aromatic heterocycles. The summed E-state index contributed by atoms with van der Waals surface area (Å²) >= 11 is 0. The van der Waals surface area contributed by atoms with Crippen LogP contribution in [0, 0.1) is 5.82 Å². The molecular weight excluding hydrogens is 410 g/mol. The van der Waals surface area contributed by atoms with Crippen molar-refractivity contribution >= 4 is 29.9 Å². The second-order valence-corrected chi connectivity index (χ2v) is 5.04. The second-order valence-electron chi connectivity index (χ2n) is 5.04. The molecule has 0 amide bonds. The lowest BCUT2D eigenvalue weighted by atomic mass is 10.0. The zero-order chi connectivity index (χ0) is 15.4. The maximum Gasteiger partial charge on any atom is 0.189 e. The lowest BCUT2D eigenvalue weighted by Crippen LogP contribution is -2.37. The molecule has 0 aliphatic carbocycles. The number of rotatable bonds is 3. The lowest BCUT2D eigenvalue weighted by Gasteiger charge is -2.26. The van der Waals surface area contributed by atoms with Crippen LogP contribution in [-0.2, 0) is 6.54 Å². The van der Waals surface area contributed by atoms with E-state index in [0.717, 1.165) is 17.7 Å². The molecule has 2 aromatic rings. The number of aromatic nitrogens is 1. The van der Waals surface area contributed by atoms with Gasteiger partial charge in [0, 0.05) is 12.0 Å². The standard InChI is InChI=1S/C16H17FN4O.HI/c17-11-5-6-12(19-9-11)10-20-16(18)21-14-7-8-22-15-4-2-1-3-13(14)15;/h1-6,9,14H,7-8,10H2,(H3,18,20,21);1H. The number of nitrogens with one attached hydrogen (secondary N) is 1. The minimum atomic E-state index is -0.363. The number of hydrogen-bond acceptors (Lipinski definition) is 3. The van der Waals surface area contributed by atoms with Gasteiger partial charge in [-0.1, -0.05) is 18.2 Å². The van der Waals surface area contributed by atoms with Crippen molar-refractivity contribution in [3.8, 4) is 5.75 Å². The van der Waals surface area contributed by atoms with Crippen LogP contribution in [-0.4, -0.2) is 17.6 Å². The van der Waals surface area contributed by atoms with Crippen molar-refractivity contribution in [2.24, 2.45) is 10.7 Å². The Morgan fingerprint density at radius 2 is 2.17 bits per heavy atom. The van der Waals surface area contributed by atoms with Gasteiger partial charge in [0.25, 0.3) is 0 Å². The fraction of sp³-hybridized carbons (Fsp3) is 0.250. The Morgan fingerprint density at radius 3 is 2.96 bits per heavy atom. The fourth-order valence-electron chi connectivity index (χ4n) is 2.38. The van der Waals surface area contributed by atoms with E-state index in [1.165, 1.54) is 12.3 Å². The van der Waals surface area contributed by atoms with Gasteiger partial charge in [-0.05, 0) is 18.2 Å². The summed E-state index contributed by atoms with van der Waals surface area (Å²) in [6, 6.07) is 10.9. The molecular formula is C16H18FIN4O. The van der Waals surface area contributed by atoms with Crippen molar-refractivity contribution in [2.75, 3.05) is 6.61 Å². The molecule has 0 saturated carbocycles. The number of nitrogens with zero attached hydrogens (tertiary/aromatic N) is 2. The molecule has 0 saturated heterocycles. The van der Waals surface area contributed by atoms with E-state index in [9.17, 15) is 4.39 Å². The quantitative estimate of drug-likeness (QED) is 0.448. The van der Waals surface area contributed by atoms with Gasteiger partial charge in [-0.3, -0.25) is 4.98 Å². The number of nitrogens with two attached hydrogens (primary N) is 1. The third-order valence-corrected chi connectivity index (χ3v) is 3.48. The van der Waals surface area contributed by atoms with Gasteiger partial charge in [0.1, 0.15) is 11.6 Å². The van der Waals surface area contributed by atoms with Crippen LogP contribution in [0.3, 0.4) is 0 Å². The molecule has 7 heteroatoms. The van der Waals surface area contributed by atoms with Crippen LogP contribution in [0.15, 0.2) is 47.6 Å². The number of benzene rings is 1. The van der Waals surface area contributed by atoms with Crippen LogP contribution in [0.5, 0.6) is 5.75 Å². The van der Waals surface area contributed by atoms with Crippen LogP contribution in [0.25, 0.3) is 0 Å². The third kappa shape index (κ3) is 4.54. The van der Waals surface area contributed by atoms with E-state index in [1.54, 1.807) is 6.07 Å². The molecule has 0 bridgehead atoms. The molecule has 0 fully saturated rings. The number of halogens is 2. The monoisotopic (exact) mass is 428 g/mol. The average molecular weight is 428 g/mol. The zero-order valence-corrected chi connectivity index (χ0v) is 14.7. The molecule has 122 valence electrons. The highest BCUT2D eigenvalue weighted by molar-refractivity contribution is 14.0. The van der Waals surface area contributed by atoms with Gasteiger partial charge in [0.15, 0.2) is 5.96 Å². The Kier molecular flexibility index (Phi) is 6.14. The highest BCUT2D eigenvalue weighted by atomic mass is 127. The largest absolute Gasteiger partial charge is 0.493 e. The van der Waals surface area contributed by atoms with Crippen LogP contribution < -0.4 is 15.8 Å². The molecule has 23 heavy (non-hydrogen) atoms. The topological polar surface area (TPSA) is 72.5 Å². The summed E-state index contributed by atoms with van der Waals surface area (Å²) in [5.74, 6) is 0.852. The molecule has 5 nitrogen and oxygen atoms in total. The smallest absolute Gasteiger partial charge is 0.189 e. The summed E-state index contributed by atoms with van der Waals surface area (Å²) < 4.78 is 18.4. The van der Waals surface area contributed by atoms with E-state index in [-0.39, 0.29) is 35.8 Å². The minimum Gasteiger partial charge on any atom is -0.493 e. The van der Waals surface area contributed by atoms with E-state index in [1.807, 2.05) is 24.3 Å². The first kappa shape index (κ1) is 17.5. The molecule has 0 spiro atoms. The Balaban J connectivity index is 0.00000192. The molecule has 3 rings (SSSR count). The summed E-state index contributed by atoms with van der Waals surface area (Å²) in [6.07, 6.45) is 1.99. The third-order valence-electron chi connectivity index (χ3n) is 3.48. The van der Waals surface area contributed by atoms with Crippen LogP contribution >= 0.6 is 24.0 Å². The second kappa shape index (κ2) is 8.09. The first-order valence-electron chi connectivity index (χ1n) is 7.11. The minimum absolute atomic E-state index is 0. The first-order valence-corrected chi connectivity index (χ1v) is 7.11. The number of pyridine rings is 1. The summed E-state index contributed by atoms with van der Waals surface area (Å²) in [5.41, 5.74) is 7.68. The van der Waals surface area contributed by atoms with Gasteiger partial charge < -0.3 is 15.8 Å². The highest BCUT2D eigenvalue weighted by Crippen LogP contribution is 2.31. The number of guanidine groups is 1. The van der Waals surface area contributed by atoms with Crippen LogP contribution in [0.2, 0.25) is 0 Å². The summed E-state index contributed by atoms with van der Waals surface area (Å²) in [6.45, 7) is 0.950. The van der Waals surface area contributed by atoms with E-state index < -0.39 is 0 Å². The van der Waals surface area contributed by atoms with Crippen molar-refractivity contribution in [2.45, 2.75) is 19.0 Å². The summed E-state index contributed by atoms with van der Waals surface area (Å²) in [7, 11) is 0. The first-order chi connectivity index (χ1) is 10.7. The average Bonchev–Trinajstić information content (AvgIpc) is 2.55. The van der Waals surface area contributed by atoms with Gasteiger partial charge in [-0.25, -0.2) is 9.38 Å². The summed E-state index contributed by atoms with van der Waals surface area (Å²) in [5, 5.41) is 3.20.